The van der Waals surface area contributed by atoms with Crippen LogP contribution in [0, 0.1) is 0 Å². The molecule has 5 nitrogen and oxygen atoms in total. The number of nitrogens with zero attached hydrogens (tertiary/aromatic N) is 5. The van der Waals surface area contributed by atoms with Gasteiger partial charge in [-0.15, -0.1) is 10.2 Å². The van der Waals surface area contributed by atoms with Crippen LogP contribution in [0.5, 0.6) is 0 Å². The van der Waals surface area contributed by atoms with Crippen LogP contribution in [0.25, 0.3) is 0 Å². The van der Waals surface area contributed by atoms with Crippen LogP contribution in [0.2, 0.25) is 0 Å². The SMILES string of the molecule is C(=N\n1cnnc1SCc1ccccc1)/c1cccnc1. The highest BCUT2D eigenvalue weighted by Crippen LogP contribution is 2.20. The van der Waals surface area contributed by atoms with Crippen LogP contribution in [-0.2, 0) is 5.75 Å². The summed E-state index contributed by atoms with van der Waals surface area (Å²) in [4.78, 5) is 4.05. The van der Waals surface area contributed by atoms with Crippen molar-refractivity contribution in [1.29, 1.82) is 0 Å². The Kier molecular flexibility index (Phi) is 4.38. The summed E-state index contributed by atoms with van der Waals surface area (Å²) in [6, 6.07) is 14.1. The van der Waals surface area contributed by atoms with Gasteiger partial charge >= 0.3 is 0 Å². The second kappa shape index (κ2) is 6.81. The van der Waals surface area contributed by atoms with Gasteiger partial charge in [-0.05, 0) is 11.6 Å². The predicted octanol–water partition coefficient (Wildman–Crippen LogP) is 2.85. The zero-order valence-electron chi connectivity index (χ0n) is 11.2. The molecule has 0 saturated carbocycles. The monoisotopic (exact) mass is 295 g/mol. The average molecular weight is 295 g/mol. The maximum atomic E-state index is 4.35. The number of aromatic nitrogens is 4. The van der Waals surface area contributed by atoms with E-state index in [0.717, 1.165) is 16.5 Å². The first-order valence-corrected chi connectivity index (χ1v) is 7.41. The van der Waals surface area contributed by atoms with Gasteiger partial charge in [-0.1, -0.05) is 48.2 Å². The zero-order valence-corrected chi connectivity index (χ0v) is 12.0. The largest absolute Gasteiger partial charge is 0.264 e. The standard InChI is InChI=1S/C15H13N5S/c1-2-5-13(6-3-1)11-21-15-19-17-12-20(15)18-10-14-7-4-8-16-9-14/h1-10,12H,11H2/b18-10+. The van der Waals surface area contributed by atoms with E-state index in [1.165, 1.54) is 5.56 Å². The fraction of sp³-hybridized carbons (Fsp3) is 0.0667. The van der Waals surface area contributed by atoms with Gasteiger partial charge in [-0.25, -0.2) is 0 Å². The first-order chi connectivity index (χ1) is 10.4. The van der Waals surface area contributed by atoms with Crippen LogP contribution in [-0.4, -0.2) is 26.1 Å². The maximum Gasteiger partial charge on any atom is 0.212 e. The first kappa shape index (κ1) is 13.5. The molecule has 3 aromatic rings. The number of thioether (sulfide) groups is 1. The smallest absolute Gasteiger partial charge is 0.212 e. The molecule has 2 aromatic heterocycles. The molecule has 0 aliphatic rings. The molecule has 0 saturated heterocycles. The molecule has 0 N–H and O–H groups in total. The van der Waals surface area contributed by atoms with Gasteiger partial charge in [0.15, 0.2) is 0 Å². The molecular weight excluding hydrogens is 282 g/mol. The summed E-state index contributed by atoms with van der Waals surface area (Å²) in [7, 11) is 0. The lowest BCUT2D eigenvalue weighted by Crippen LogP contribution is -1.93. The van der Waals surface area contributed by atoms with Crippen molar-refractivity contribution in [3.05, 3.63) is 72.3 Å². The summed E-state index contributed by atoms with van der Waals surface area (Å²) in [6.45, 7) is 0. The molecule has 2 heterocycles. The van der Waals surface area contributed by atoms with E-state index < -0.39 is 0 Å². The second-order valence-corrected chi connectivity index (χ2v) is 5.21. The molecule has 0 radical (unpaired) electrons. The van der Waals surface area contributed by atoms with Gasteiger partial charge in [0.05, 0.1) is 6.21 Å². The van der Waals surface area contributed by atoms with Crippen molar-refractivity contribution in [1.82, 2.24) is 19.9 Å². The van der Waals surface area contributed by atoms with Gasteiger partial charge < -0.3 is 0 Å². The lowest BCUT2D eigenvalue weighted by molar-refractivity contribution is 0.767. The van der Waals surface area contributed by atoms with Crippen LogP contribution >= 0.6 is 11.8 Å². The van der Waals surface area contributed by atoms with Crippen molar-refractivity contribution >= 4 is 18.0 Å². The minimum Gasteiger partial charge on any atom is -0.264 e. The second-order valence-electron chi connectivity index (χ2n) is 4.26. The minimum absolute atomic E-state index is 0.763. The van der Waals surface area contributed by atoms with Gasteiger partial charge in [0.2, 0.25) is 5.16 Å². The Labute approximate surface area is 126 Å². The van der Waals surface area contributed by atoms with Crippen molar-refractivity contribution < 1.29 is 0 Å². The molecule has 0 unspecified atom stereocenters. The summed E-state index contributed by atoms with van der Waals surface area (Å²) in [5.41, 5.74) is 2.18. The van der Waals surface area contributed by atoms with Crippen molar-refractivity contribution in [3.8, 4) is 0 Å². The van der Waals surface area contributed by atoms with Gasteiger partial charge in [0, 0.05) is 23.7 Å². The number of rotatable bonds is 5. The number of hydrogen-bond donors (Lipinski definition) is 0. The number of benzene rings is 1. The van der Waals surface area contributed by atoms with Crippen molar-refractivity contribution in [3.63, 3.8) is 0 Å². The van der Waals surface area contributed by atoms with Crippen LogP contribution in [0.1, 0.15) is 11.1 Å². The quantitative estimate of drug-likeness (QED) is 0.536. The average Bonchev–Trinajstić information content (AvgIpc) is 3.00. The third kappa shape index (κ3) is 3.76. The van der Waals surface area contributed by atoms with Gasteiger partial charge in [0.25, 0.3) is 0 Å². The molecule has 0 spiro atoms. The lowest BCUT2D eigenvalue weighted by Gasteiger charge is -2.01. The highest BCUT2D eigenvalue weighted by molar-refractivity contribution is 7.98. The van der Waals surface area contributed by atoms with E-state index in [4.69, 9.17) is 0 Å². The molecule has 104 valence electrons. The van der Waals surface area contributed by atoms with Crippen molar-refractivity contribution in [2.45, 2.75) is 10.9 Å². The normalized spacial score (nSPS) is 11.0. The highest BCUT2D eigenvalue weighted by atomic mass is 32.2. The zero-order chi connectivity index (χ0) is 14.3. The molecule has 0 bridgehead atoms. The van der Waals surface area contributed by atoms with E-state index >= 15 is 0 Å². The Balaban J connectivity index is 1.68. The summed E-state index contributed by atoms with van der Waals surface area (Å²) in [5, 5.41) is 13.1. The van der Waals surface area contributed by atoms with Crippen LogP contribution in [0.4, 0.5) is 0 Å². The molecule has 0 aliphatic heterocycles. The molecule has 6 heteroatoms. The Morgan fingerprint density at radius 1 is 1.14 bits per heavy atom. The van der Waals surface area contributed by atoms with E-state index in [1.54, 1.807) is 41.4 Å². The van der Waals surface area contributed by atoms with Gasteiger partial charge in [-0.3, -0.25) is 4.98 Å². The summed E-state index contributed by atoms with van der Waals surface area (Å²) in [5.74, 6) is 0.835. The minimum atomic E-state index is 0.763. The van der Waals surface area contributed by atoms with Gasteiger partial charge in [0.1, 0.15) is 6.33 Å². The Bertz CT molecular complexity index is 709. The van der Waals surface area contributed by atoms with Crippen LogP contribution in [0.3, 0.4) is 0 Å². The fourth-order valence-corrected chi connectivity index (χ4v) is 2.52. The molecule has 0 amide bonds. The third-order valence-corrected chi connectivity index (χ3v) is 3.73. The van der Waals surface area contributed by atoms with E-state index in [9.17, 15) is 0 Å². The first-order valence-electron chi connectivity index (χ1n) is 6.43. The van der Waals surface area contributed by atoms with Crippen molar-refractivity contribution in [2.24, 2.45) is 5.10 Å². The Morgan fingerprint density at radius 3 is 2.86 bits per heavy atom. The fourth-order valence-electron chi connectivity index (χ4n) is 1.70. The Hall–Kier alpha value is -2.47. The molecule has 0 aliphatic carbocycles. The predicted molar refractivity (Wildman–Crippen MR) is 83.3 cm³/mol. The maximum absolute atomic E-state index is 4.35. The molecule has 1 aromatic carbocycles. The highest BCUT2D eigenvalue weighted by Gasteiger charge is 2.04. The van der Waals surface area contributed by atoms with E-state index in [-0.39, 0.29) is 0 Å². The Morgan fingerprint density at radius 2 is 2.05 bits per heavy atom. The van der Waals surface area contributed by atoms with Crippen molar-refractivity contribution in [2.75, 3.05) is 0 Å². The topological polar surface area (TPSA) is 56.0 Å². The summed E-state index contributed by atoms with van der Waals surface area (Å²) < 4.78 is 1.67. The number of pyridine rings is 1. The molecule has 21 heavy (non-hydrogen) atoms. The molecule has 0 atom stereocenters. The third-order valence-electron chi connectivity index (χ3n) is 2.73. The van der Waals surface area contributed by atoms with Crippen LogP contribution in [0.15, 0.2) is 71.4 Å². The summed E-state index contributed by atoms with van der Waals surface area (Å²) in [6.07, 6.45) is 6.82. The molecular formula is C15H13N5S. The lowest BCUT2D eigenvalue weighted by atomic mass is 10.2. The summed E-state index contributed by atoms with van der Waals surface area (Å²) >= 11 is 1.60. The van der Waals surface area contributed by atoms with Crippen LogP contribution < -0.4 is 0 Å². The molecule has 3 rings (SSSR count). The van der Waals surface area contributed by atoms with Gasteiger partial charge in [-0.2, -0.15) is 9.78 Å². The molecule has 0 fully saturated rings. The van der Waals surface area contributed by atoms with E-state index in [0.29, 0.717) is 0 Å². The van der Waals surface area contributed by atoms with E-state index in [1.807, 2.05) is 30.3 Å². The van der Waals surface area contributed by atoms with E-state index in [2.05, 4.69) is 32.4 Å². The number of hydrogen-bond acceptors (Lipinski definition) is 5.